The van der Waals surface area contributed by atoms with Crippen molar-refractivity contribution in [1.82, 2.24) is 5.32 Å². The highest BCUT2D eigenvalue weighted by Crippen LogP contribution is 2.31. The van der Waals surface area contributed by atoms with E-state index in [9.17, 15) is 0 Å². The van der Waals surface area contributed by atoms with E-state index in [1.54, 1.807) is 0 Å². The Hall–Kier alpha value is -0.730. The summed E-state index contributed by atoms with van der Waals surface area (Å²) in [6.07, 6.45) is 1.13. The van der Waals surface area contributed by atoms with E-state index >= 15 is 0 Å². The van der Waals surface area contributed by atoms with E-state index in [1.165, 1.54) is 11.3 Å². The van der Waals surface area contributed by atoms with Gasteiger partial charge >= 0.3 is 0 Å². The molecule has 1 aromatic carbocycles. The van der Waals surface area contributed by atoms with E-state index in [2.05, 4.69) is 44.0 Å². The van der Waals surface area contributed by atoms with E-state index < -0.39 is 0 Å². The summed E-state index contributed by atoms with van der Waals surface area (Å²) in [5.41, 5.74) is 2.66. The summed E-state index contributed by atoms with van der Waals surface area (Å²) in [6, 6.07) is 6.69. The molecule has 2 rings (SSSR count). The van der Waals surface area contributed by atoms with Crippen molar-refractivity contribution >= 4 is 17.3 Å². The van der Waals surface area contributed by atoms with Crippen molar-refractivity contribution in [2.75, 3.05) is 18.0 Å². The lowest BCUT2D eigenvalue weighted by Gasteiger charge is -2.46. The quantitative estimate of drug-likeness (QED) is 0.880. The Kier molecular flexibility index (Phi) is 3.88. The lowest BCUT2D eigenvalue weighted by molar-refractivity contribution is 0.285. The fourth-order valence-electron chi connectivity index (χ4n) is 2.56. The third-order valence-electron chi connectivity index (χ3n) is 4.20. The van der Waals surface area contributed by atoms with Crippen molar-refractivity contribution in [3.8, 4) is 0 Å². The van der Waals surface area contributed by atoms with Crippen LogP contribution in [0.1, 0.15) is 32.8 Å². The molecule has 18 heavy (non-hydrogen) atoms. The number of rotatable bonds is 2. The lowest BCUT2D eigenvalue weighted by Crippen LogP contribution is -2.62. The molecule has 3 heteroatoms. The summed E-state index contributed by atoms with van der Waals surface area (Å²) in [7, 11) is 0. The highest BCUT2D eigenvalue weighted by Gasteiger charge is 2.33. The molecule has 0 saturated carbocycles. The minimum Gasteiger partial charge on any atom is -0.365 e. The summed E-state index contributed by atoms with van der Waals surface area (Å²) >= 11 is 6.24. The van der Waals surface area contributed by atoms with Crippen LogP contribution in [0.2, 0.25) is 5.02 Å². The SMILES string of the molecule is CCC1(C)CN(c2cccc(Cl)c2C)C(C)CN1. The van der Waals surface area contributed by atoms with Crippen LogP contribution in [0.5, 0.6) is 0 Å². The first-order valence-electron chi connectivity index (χ1n) is 6.73. The van der Waals surface area contributed by atoms with Crippen molar-refractivity contribution in [3.63, 3.8) is 0 Å². The van der Waals surface area contributed by atoms with Gasteiger partial charge in [0, 0.05) is 35.4 Å². The van der Waals surface area contributed by atoms with Crippen molar-refractivity contribution in [2.45, 2.75) is 45.7 Å². The molecule has 1 saturated heterocycles. The van der Waals surface area contributed by atoms with Crippen molar-refractivity contribution in [3.05, 3.63) is 28.8 Å². The van der Waals surface area contributed by atoms with Gasteiger partial charge in [-0.05, 0) is 44.9 Å². The van der Waals surface area contributed by atoms with Crippen LogP contribution in [0.4, 0.5) is 5.69 Å². The van der Waals surface area contributed by atoms with Crippen molar-refractivity contribution < 1.29 is 0 Å². The van der Waals surface area contributed by atoms with Crippen LogP contribution in [0.25, 0.3) is 0 Å². The van der Waals surface area contributed by atoms with E-state index in [1.807, 2.05) is 12.1 Å². The molecular formula is C15H23ClN2. The third kappa shape index (κ3) is 2.50. The molecule has 0 radical (unpaired) electrons. The van der Waals surface area contributed by atoms with E-state index in [4.69, 9.17) is 11.6 Å². The summed E-state index contributed by atoms with van der Waals surface area (Å²) in [5.74, 6) is 0. The van der Waals surface area contributed by atoms with Gasteiger partial charge in [-0.1, -0.05) is 24.6 Å². The van der Waals surface area contributed by atoms with E-state index in [-0.39, 0.29) is 5.54 Å². The van der Waals surface area contributed by atoms with Gasteiger partial charge < -0.3 is 10.2 Å². The number of anilines is 1. The molecule has 0 bridgehead atoms. The van der Waals surface area contributed by atoms with Crippen molar-refractivity contribution in [1.29, 1.82) is 0 Å². The zero-order chi connectivity index (χ0) is 13.3. The highest BCUT2D eigenvalue weighted by atomic mass is 35.5. The second-order valence-electron chi connectivity index (χ2n) is 5.66. The van der Waals surface area contributed by atoms with Gasteiger partial charge in [-0.3, -0.25) is 0 Å². The van der Waals surface area contributed by atoms with Gasteiger partial charge in [0.1, 0.15) is 0 Å². The Bertz CT molecular complexity index is 433. The predicted octanol–water partition coefficient (Wildman–Crippen LogP) is 3.62. The molecule has 1 aliphatic rings. The number of nitrogens with zero attached hydrogens (tertiary/aromatic N) is 1. The maximum atomic E-state index is 6.24. The first-order valence-corrected chi connectivity index (χ1v) is 7.11. The Balaban J connectivity index is 2.33. The number of nitrogens with one attached hydrogen (secondary N) is 1. The summed E-state index contributed by atoms with van der Waals surface area (Å²) in [5, 5.41) is 4.51. The average molecular weight is 267 g/mol. The van der Waals surface area contributed by atoms with Crippen LogP contribution in [-0.2, 0) is 0 Å². The zero-order valence-electron chi connectivity index (χ0n) is 11.8. The topological polar surface area (TPSA) is 15.3 Å². The maximum Gasteiger partial charge on any atom is 0.0455 e. The number of hydrogen-bond acceptors (Lipinski definition) is 2. The molecule has 1 N–H and O–H groups in total. The van der Waals surface area contributed by atoms with Gasteiger partial charge in [0.15, 0.2) is 0 Å². The molecular weight excluding hydrogens is 244 g/mol. The Morgan fingerprint density at radius 3 is 2.89 bits per heavy atom. The molecule has 1 heterocycles. The number of benzene rings is 1. The van der Waals surface area contributed by atoms with Crippen molar-refractivity contribution in [2.24, 2.45) is 0 Å². The highest BCUT2D eigenvalue weighted by molar-refractivity contribution is 6.31. The smallest absolute Gasteiger partial charge is 0.0455 e. The third-order valence-corrected chi connectivity index (χ3v) is 4.61. The van der Waals surface area contributed by atoms with Crippen LogP contribution in [-0.4, -0.2) is 24.7 Å². The van der Waals surface area contributed by atoms with E-state index in [0.717, 1.165) is 24.5 Å². The molecule has 100 valence electrons. The van der Waals surface area contributed by atoms with Gasteiger partial charge in [-0.2, -0.15) is 0 Å². The molecule has 1 fully saturated rings. The largest absolute Gasteiger partial charge is 0.365 e. The first kappa shape index (κ1) is 13.7. The Labute approximate surface area is 115 Å². The maximum absolute atomic E-state index is 6.24. The summed E-state index contributed by atoms with van der Waals surface area (Å²) in [6.45, 7) is 11.0. The molecule has 0 amide bonds. The van der Waals surface area contributed by atoms with Crippen LogP contribution < -0.4 is 10.2 Å². The second kappa shape index (κ2) is 5.10. The molecule has 0 spiro atoms. The minimum atomic E-state index is 0.196. The van der Waals surface area contributed by atoms with Gasteiger partial charge in [0.2, 0.25) is 0 Å². The first-order chi connectivity index (χ1) is 8.47. The molecule has 1 aromatic rings. The average Bonchev–Trinajstić information content (AvgIpc) is 2.36. The van der Waals surface area contributed by atoms with Crippen LogP contribution in [0, 0.1) is 6.92 Å². The Morgan fingerprint density at radius 2 is 2.22 bits per heavy atom. The number of halogens is 1. The monoisotopic (exact) mass is 266 g/mol. The van der Waals surface area contributed by atoms with Crippen LogP contribution in [0.3, 0.4) is 0 Å². The second-order valence-corrected chi connectivity index (χ2v) is 6.06. The molecule has 1 aliphatic heterocycles. The Morgan fingerprint density at radius 1 is 1.50 bits per heavy atom. The van der Waals surface area contributed by atoms with Gasteiger partial charge in [-0.25, -0.2) is 0 Å². The van der Waals surface area contributed by atoms with E-state index in [0.29, 0.717) is 6.04 Å². The molecule has 2 atom stereocenters. The number of piperazine rings is 1. The molecule has 0 aromatic heterocycles. The predicted molar refractivity (Wildman–Crippen MR) is 79.7 cm³/mol. The van der Waals surface area contributed by atoms with Gasteiger partial charge in [0.05, 0.1) is 0 Å². The fraction of sp³-hybridized carbons (Fsp3) is 0.600. The molecule has 0 aliphatic carbocycles. The van der Waals surface area contributed by atoms with Gasteiger partial charge in [-0.15, -0.1) is 0 Å². The van der Waals surface area contributed by atoms with Crippen LogP contribution in [0.15, 0.2) is 18.2 Å². The lowest BCUT2D eigenvalue weighted by atomic mass is 9.93. The summed E-state index contributed by atoms with van der Waals surface area (Å²) in [4.78, 5) is 2.49. The fourth-order valence-corrected chi connectivity index (χ4v) is 2.73. The minimum absolute atomic E-state index is 0.196. The van der Waals surface area contributed by atoms with Gasteiger partial charge in [0.25, 0.3) is 0 Å². The number of hydrogen-bond donors (Lipinski definition) is 1. The van der Waals surface area contributed by atoms with Crippen LogP contribution >= 0.6 is 11.6 Å². The normalized spacial score (nSPS) is 28.5. The standard InChI is InChI=1S/C15H23ClN2/c1-5-15(4)10-18(11(2)9-17-15)14-8-6-7-13(16)12(14)3/h6-8,11,17H,5,9-10H2,1-4H3. The summed E-state index contributed by atoms with van der Waals surface area (Å²) < 4.78 is 0. The zero-order valence-corrected chi connectivity index (χ0v) is 12.5. The molecule has 2 nitrogen and oxygen atoms in total. The molecule has 2 unspecified atom stereocenters.